The van der Waals surface area contributed by atoms with Crippen LogP contribution in [-0.4, -0.2) is 51.2 Å². The summed E-state index contributed by atoms with van der Waals surface area (Å²) >= 11 is 0. The molecule has 0 fully saturated rings. The highest BCUT2D eigenvalue weighted by Crippen LogP contribution is 2.17. The van der Waals surface area contributed by atoms with E-state index in [2.05, 4.69) is 5.10 Å². The van der Waals surface area contributed by atoms with E-state index in [4.69, 9.17) is 15.9 Å². The van der Waals surface area contributed by atoms with Gasteiger partial charge in [0.2, 0.25) is 0 Å². The topological polar surface area (TPSA) is 87.5 Å². The first-order valence-corrected chi connectivity index (χ1v) is 5.32. The Morgan fingerprint density at radius 1 is 1.31 bits per heavy atom. The van der Waals surface area contributed by atoms with Crippen molar-refractivity contribution < 1.29 is 10.2 Å². The Bertz CT molecular complexity index is 332. The second-order valence-corrected chi connectivity index (χ2v) is 3.80. The van der Waals surface area contributed by atoms with Gasteiger partial charge in [0.1, 0.15) is 5.82 Å². The highest BCUT2D eigenvalue weighted by Gasteiger charge is 2.13. The minimum atomic E-state index is 0.0687. The van der Waals surface area contributed by atoms with Crippen LogP contribution in [0.1, 0.15) is 11.3 Å². The number of anilines is 1. The SMILES string of the molecule is Cc1nn(C)c(N)c1CN(CCO)CCO. The van der Waals surface area contributed by atoms with E-state index in [0.29, 0.717) is 25.5 Å². The molecule has 0 saturated heterocycles. The third-order valence-corrected chi connectivity index (χ3v) is 2.61. The van der Waals surface area contributed by atoms with Crippen molar-refractivity contribution in [2.45, 2.75) is 13.5 Å². The quantitative estimate of drug-likeness (QED) is 0.587. The lowest BCUT2D eigenvalue weighted by molar-refractivity contribution is 0.156. The minimum absolute atomic E-state index is 0.0687. The van der Waals surface area contributed by atoms with Crippen LogP contribution < -0.4 is 5.73 Å². The lowest BCUT2D eigenvalue weighted by Crippen LogP contribution is -2.29. The fraction of sp³-hybridized carbons (Fsp3) is 0.700. The third-order valence-electron chi connectivity index (χ3n) is 2.61. The van der Waals surface area contributed by atoms with Crippen LogP contribution in [0, 0.1) is 6.92 Å². The van der Waals surface area contributed by atoms with Crippen molar-refractivity contribution in [2.75, 3.05) is 32.0 Å². The van der Waals surface area contributed by atoms with Crippen LogP contribution in [0.4, 0.5) is 5.82 Å². The van der Waals surface area contributed by atoms with Crippen LogP contribution in [0.15, 0.2) is 0 Å². The summed E-state index contributed by atoms with van der Waals surface area (Å²) in [4.78, 5) is 1.94. The Hall–Kier alpha value is -1.11. The van der Waals surface area contributed by atoms with Gasteiger partial charge >= 0.3 is 0 Å². The Kier molecular flexibility index (Phi) is 4.72. The van der Waals surface area contributed by atoms with Gasteiger partial charge in [-0.15, -0.1) is 0 Å². The maximum Gasteiger partial charge on any atom is 0.126 e. The molecule has 0 saturated carbocycles. The highest BCUT2D eigenvalue weighted by molar-refractivity contribution is 5.42. The van der Waals surface area contributed by atoms with Gasteiger partial charge in [0.05, 0.1) is 18.9 Å². The lowest BCUT2D eigenvalue weighted by atomic mass is 10.2. The summed E-state index contributed by atoms with van der Waals surface area (Å²) in [7, 11) is 1.80. The molecule has 0 radical (unpaired) electrons. The maximum atomic E-state index is 8.91. The Morgan fingerprint density at radius 2 is 1.88 bits per heavy atom. The van der Waals surface area contributed by atoms with E-state index in [9.17, 15) is 0 Å². The minimum Gasteiger partial charge on any atom is -0.395 e. The van der Waals surface area contributed by atoms with Gasteiger partial charge in [-0.05, 0) is 6.92 Å². The lowest BCUT2D eigenvalue weighted by Gasteiger charge is -2.20. The molecule has 16 heavy (non-hydrogen) atoms. The molecular formula is C10H20N4O2. The van der Waals surface area contributed by atoms with Gasteiger partial charge in [0.15, 0.2) is 0 Å². The standard InChI is InChI=1S/C10H20N4O2/c1-8-9(10(11)13(2)12-8)7-14(3-5-15)4-6-16/h15-16H,3-7,11H2,1-2H3. The summed E-state index contributed by atoms with van der Waals surface area (Å²) in [6, 6.07) is 0. The molecular weight excluding hydrogens is 208 g/mol. The molecule has 1 rings (SSSR count). The van der Waals surface area contributed by atoms with Gasteiger partial charge in [0.25, 0.3) is 0 Å². The smallest absolute Gasteiger partial charge is 0.126 e. The fourth-order valence-corrected chi connectivity index (χ4v) is 1.69. The van der Waals surface area contributed by atoms with Crippen LogP contribution in [0.25, 0.3) is 0 Å². The Labute approximate surface area is 95.3 Å². The predicted octanol–water partition coefficient (Wildman–Crippen LogP) is -0.903. The molecule has 0 aliphatic heterocycles. The van der Waals surface area contributed by atoms with Crippen molar-refractivity contribution in [3.8, 4) is 0 Å². The van der Waals surface area contributed by atoms with Crippen molar-refractivity contribution in [3.63, 3.8) is 0 Å². The molecule has 0 aliphatic carbocycles. The number of nitrogens with zero attached hydrogens (tertiary/aromatic N) is 3. The number of hydrogen-bond donors (Lipinski definition) is 3. The second kappa shape index (κ2) is 5.83. The van der Waals surface area contributed by atoms with Crippen LogP contribution >= 0.6 is 0 Å². The van der Waals surface area contributed by atoms with Crippen molar-refractivity contribution in [1.82, 2.24) is 14.7 Å². The third kappa shape index (κ3) is 2.94. The molecule has 4 N–H and O–H groups in total. The molecule has 1 aromatic heterocycles. The van der Waals surface area contributed by atoms with E-state index in [-0.39, 0.29) is 13.2 Å². The molecule has 0 atom stereocenters. The first kappa shape index (κ1) is 13.0. The largest absolute Gasteiger partial charge is 0.395 e. The van der Waals surface area contributed by atoms with Crippen molar-refractivity contribution in [3.05, 3.63) is 11.3 Å². The number of aromatic nitrogens is 2. The van der Waals surface area contributed by atoms with Crippen LogP contribution in [0.5, 0.6) is 0 Å². The van der Waals surface area contributed by atoms with Crippen LogP contribution in [0.2, 0.25) is 0 Å². The van der Waals surface area contributed by atoms with Gasteiger partial charge in [-0.1, -0.05) is 0 Å². The van der Waals surface area contributed by atoms with Crippen molar-refractivity contribution >= 4 is 5.82 Å². The Balaban J connectivity index is 2.76. The molecule has 0 aromatic carbocycles. The summed E-state index contributed by atoms with van der Waals surface area (Å²) in [5.74, 6) is 0.637. The van der Waals surface area contributed by atoms with Crippen molar-refractivity contribution in [2.24, 2.45) is 7.05 Å². The molecule has 0 unspecified atom stereocenters. The van der Waals surface area contributed by atoms with E-state index in [0.717, 1.165) is 11.3 Å². The zero-order chi connectivity index (χ0) is 12.1. The second-order valence-electron chi connectivity index (χ2n) is 3.80. The zero-order valence-electron chi connectivity index (χ0n) is 9.85. The fourth-order valence-electron chi connectivity index (χ4n) is 1.69. The van der Waals surface area contributed by atoms with E-state index in [1.54, 1.807) is 11.7 Å². The number of nitrogens with two attached hydrogens (primary N) is 1. The molecule has 92 valence electrons. The zero-order valence-corrected chi connectivity index (χ0v) is 9.85. The summed E-state index contributed by atoms with van der Waals surface area (Å²) in [5.41, 5.74) is 7.74. The number of hydrogen-bond acceptors (Lipinski definition) is 5. The van der Waals surface area contributed by atoms with Gasteiger partial charge in [-0.25, -0.2) is 0 Å². The number of nitrogen functional groups attached to an aromatic ring is 1. The van der Waals surface area contributed by atoms with E-state index < -0.39 is 0 Å². The maximum absolute atomic E-state index is 8.91. The average molecular weight is 228 g/mol. The number of aliphatic hydroxyl groups excluding tert-OH is 2. The summed E-state index contributed by atoms with van der Waals surface area (Å²) in [5, 5.41) is 22.0. The highest BCUT2D eigenvalue weighted by atomic mass is 16.3. The molecule has 0 bridgehead atoms. The van der Waals surface area contributed by atoms with Gasteiger partial charge in [0, 0.05) is 32.2 Å². The first-order chi connectivity index (χ1) is 7.60. The van der Waals surface area contributed by atoms with Crippen LogP contribution in [0.3, 0.4) is 0 Å². The van der Waals surface area contributed by atoms with Crippen LogP contribution in [-0.2, 0) is 13.6 Å². The number of aliphatic hydroxyl groups is 2. The molecule has 1 aromatic rings. The first-order valence-electron chi connectivity index (χ1n) is 5.32. The van der Waals surface area contributed by atoms with Gasteiger partial charge in [-0.2, -0.15) is 5.10 Å². The molecule has 6 nitrogen and oxygen atoms in total. The van der Waals surface area contributed by atoms with E-state index in [1.165, 1.54) is 0 Å². The van der Waals surface area contributed by atoms with E-state index in [1.807, 2.05) is 11.8 Å². The van der Waals surface area contributed by atoms with Crippen molar-refractivity contribution in [1.29, 1.82) is 0 Å². The molecule has 0 amide bonds. The normalized spacial score (nSPS) is 11.3. The molecule has 1 heterocycles. The average Bonchev–Trinajstić information content (AvgIpc) is 2.46. The number of aryl methyl sites for hydroxylation is 2. The molecule has 0 spiro atoms. The summed E-state index contributed by atoms with van der Waals surface area (Å²) in [6.07, 6.45) is 0. The Morgan fingerprint density at radius 3 is 2.25 bits per heavy atom. The molecule has 0 aliphatic rings. The molecule has 6 heteroatoms. The monoisotopic (exact) mass is 228 g/mol. The number of rotatable bonds is 6. The predicted molar refractivity (Wildman–Crippen MR) is 61.8 cm³/mol. The summed E-state index contributed by atoms with van der Waals surface area (Å²) in [6.45, 7) is 3.69. The summed E-state index contributed by atoms with van der Waals surface area (Å²) < 4.78 is 1.64. The van der Waals surface area contributed by atoms with E-state index >= 15 is 0 Å². The van der Waals surface area contributed by atoms with Gasteiger partial charge < -0.3 is 15.9 Å². The van der Waals surface area contributed by atoms with Gasteiger partial charge in [-0.3, -0.25) is 9.58 Å².